The summed E-state index contributed by atoms with van der Waals surface area (Å²) in [5.74, 6) is 0. The molecule has 0 aromatic rings. The third kappa shape index (κ3) is 11.9. The molecule has 0 atom stereocenters. The van der Waals surface area contributed by atoms with Crippen LogP contribution in [0.25, 0.3) is 0 Å². The molecule has 0 N–H and O–H groups in total. The second-order valence-corrected chi connectivity index (χ2v) is 25.5. The summed E-state index contributed by atoms with van der Waals surface area (Å²) in [5, 5.41) is 0. The first-order valence-corrected chi connectivity index (χ1v) is 22.8. The lowest BCUT2D eigenvalue weighted by Gasteiger charge is -2.35. The monoisotopic (exact) mass is 526 g/mol. The molecule has 0 heterocycles. The predicted molar refractivity (Wildman–Crippen MR) is 145 cm³/mol. The van der Waals surface area contributed by atoms with E-state index in [1.807, 2.05) is 0 Å². The highest BCUT2D eigenvalue weighted by Crippen LogP contribution is 2.36. The molecule has 0 rings (SSSR count). The average molecular weight is 527 g/mol. The van der Waals surface area contributed by atoms with Crippen LogP contribution in [0.2, 0.25) is 61.9 Å². The van der Waals surface area contributed by atoms with Gasteiger partial charge >= 0.3 is 25.7 Å². The van der Waals surface area contributed by atoms with Crippen LogP contribution in [0, 0.1) is 0 Å². The van der Waals surface area contributed by atoms with Crippen LogP contribution < -0.4 is 0 Å². The van der Waals surface area contributed by atoms with E-state index in [2.05, 4.69) is 26.6 Å². The van der Waals surface area contributed by atoms with Crippen molar-refractivity contribution in [2.75, 3.05) is 42.7 Å². The summed E-state index contributed by atoms with van der Waals surface area (Å²) in [4.78, 5) is 0. The number of rotatable bonds is 21. The first kappa shape index (κ1) is 32.6. The molecule has 10 heteroatoms. The highest BCUT2D eigenvalue weighted by molar-refractivity contribution is 6.80. The fourth-order valence-electron chi connectivity index (χ4n) is 4.52. The molecule has 194 valence electrons. The van der Waals surface area contributed by atoms with E-state index in [4.69, 9.17) is 26.6 Å². The average Bonchev–Trinajstić information content (AvgIpc) is 2.82. The smallest absolute Gasteiger partial charge is 0.334 e. The molecule has 0 aliphatic rings. The van der Waals surface area contributed by atoms with Gasteiger partial charge in [-0.15, -0.1) is 0 Å². The Hall–Kier alpha value is 0.628. The number of hydrogen-bond acceptors (Lipinski definition) is 6. The van der Waals surface area contributed by atoms with Gasteiger partial charge in [-0.1, -0.05) is 63.2 Å². The molecule has 0 radical (unpaired) electrons. The summed E-state index contributed by atoms with van der Waals surface area (Å²) < 4.78 is 34.6. The normalized spacial score (nSPS) is 13.7. The SMILES string of the molecule is CCCC[Si](CCC[Si](C)(OC)OC)(CCC[Si](C)(OC)OC)CCC[Si](C)(OC)OC. The highest BCUT2D eigenvalue weighted by Gasteiger charge is 2.37. The van der Waals surface area contributed by atoms with E-state index in [1.165, 1.54) is 56.3 Å². The summed E-state index contributed by atoms with van der Waals surface area (Å²) in [5.41, 5.74) is 0. The first-order valence-electron chi connectivity index (χ1n) is 12.4. The van der Waals surface area contributed by atoms with E-state index in [-0.39, 0.29) is 0 Å². The van der Waals surface area contributed by atoms with Crippen molar-refractivity contribution < 1.29 is 26.6 Å². The van der Waals surface area contributed by atoms with Gasteiger partial charge in [0.25, 0.3) is 0 Å². The van der Waals surface area contributed by atoms with Crippen LogP contribution in [0.4, 0.5) is 0 Å². The molecule has 0 aromatic heterocycles. The number of unbranched alkanes of at least 4 members (excludes halogenated alkanes) is 1. The Balaban J connectivity index is 5.40. The van der Waals surface area contributed by atoms with Gasteiger partial charge in [-0.2, -0.15) is 0 Å². The van der Waals surface area contributed by atoms with Crippen molar-refractivity contribution in [2.45, 2.75) is 101 Å². The summed E-state index contributed by atoms with van der Waals surface area (Å²) in [6, 6.07) is 8.72. The van der Waals surface area contributed by atoms with Crippen LogP contribution in [-0.4, -0.2) is 76.4 Å². The van der Waals surface area contributed by atoms with Crippen LogP contribution in [0.1, 0.15) is 39.0 Å². The fraction of sp³-hybridized carbons (Fsp3) is 1.00. The lowest BCUT2D eigenvalue weighted by molar-refractivity contribution is 0.249. The summed E-state index contributed by atoms with van der Waals surface area (Å²) in [6.45, 7) is 8.87. The Labute approximate surface area is 203 Å². The molecule has 0 bridgehead atoms. The van der Waals surface area contributed by atoms with Crippen LogP contribution >= 0.6 is 0 Å². The Bertz CT molecular complexity index is 412. The molecule has 0 saturated carbocycles. The van der Waals surface area contributed by atoms with Crippen molar-refractivity contribution in [2.24, 2.45) is 0 Å². The molecular formula is C22H54O6Si4. The minimum atomic E-state index is -2.02. The van der Waals surface area contributed by atoms with Crippen LogP contribution in [0.5, 0.6) is 0 Å². The zero-order valence-corrected chi connectivity index (χ0v) is 26.9. The van der Waals surface area contributed by atoms with Gasteiger partial charge in [-0.25, -0.2) is 0 Å². The molecule has 0 spiro atoms. The third-order valence-electron chi connectivity index (χ3n) is 7.67. The molecule has 0 aromatic carbocycles. The van der Waals surface area contributed by atoms with Gasteiger partial charge in [0.15, 0.2) is 0 Å². The fourth-order valence-corrected chi connectivity index (χ4v) is 15.1. The minimum absolute atomic E-state index is 1.08. The van der Waals surface area contributed by atoms with Gasteiger partial charge in [0, 0.05) is 42.7 Å². The molecule has 0 saturated heterocycles. The van der Waals surface area contributed by atoms with Crippen molar-refractivity contribution in [1.29, 1.82) is 0 Å². The van der Waals surface area contributed by atoms with E-state index in [9.17, 15) is 0 Å². The zero-order chi connectivity index (χ0) is 24.7. The second-order valence-electron chi connectivity index (χ2n) is 9.79. The van der Waals surface area contributed by atoms with Crippen molar-refractivity contribution in [1.82, 2.24) is 0 Å². The summed E-state index contributed by atoms with van der Waals surface area (Å²) in [6.07, 6.45) is 6.25. The highest BCUT2D eigenvalue weighted by atomic mass is 28.4. The maximum atomic E-state index is 5.77. The molecule has 32 heavy (non-hydrogen) atoms. The summed E-state index contributed by atoms with van der Waals surface area (Å²) >= 11 is 0. The molecule has 0 aliphatic carbocycles. The maximum absolute atomic E-state index is 5.77. The van der Waals surface area contributed by atoms with E-state index >= 15 is 0 Å². The standard InChI is InChI=1S/C22H54O6Si4/c1-11-12-19-32(20-13-16-29(8,23-2)24-3,21-14-17-30(9,25-4)26-5)22-15-18-31(10,27-6)28-7/h11-22H2,1-10H3. The van der Waals surface area contributed by atoms with Crippen molar-refractivity contribution in [3.05, 3.63) is 0 Å². The Kier molecular flexibility index (Phi) is 16.6. The van der Waals surface area contributed by atoms with E-state index in [1.54, 1.807) is 42.7 Å². The Morgan fingerprint density at radius 2 is 0.656 bits per heavy atom. The first-order chi connectivity index (χ1) is 15.0. The molecular weight excluding hydrogens is 473 g/mol. The van der Waals surface area contributed by atoms with Gasteiger partial charge in [-0.05, 0) is 37.8 Å². The molecule has 6 nitrogen and oxygen atoms in total. The van der Waals surface area contributed by atoms with E-state index in [0.717, 1.165) is 18.1 Å². The van der Waals surface area contributed by atoms with Crippen LogP contribution in [0.3, 0.4) is 0 Å². The van der Waals surface area contributed by atoms with Crippen LogP contribution in [0.15, 0.2) is 0 Å². The Morgan fingerprint density at radius 1 is 0.406 bits per heavy atom. The topological polar surface area (TPSA) is 55.4 Å². The van der Waals surface area contributed by atoms with Crippen molar-refractivity contribution in [3.8, 4) is 0 Å². The maximum Gasteiger partial charge on any atom is 0.334 e. The molecule has 0 unspecified atom stereocenters. The van der Waals surface area contributed by atoms with Gasteiger partial charge in [0.2, 0.25) is 0 Å². The minimum Gasteiger partial charge on any atom is -0.398 e. The number of hydrogen-bond donors (Lipinski definition) is 0. The Morgan fingerprint density at radius 3 is 0.875 bits per heavy atom. The van der Waals surface area contributed by atoms with Crippen molar-refractivity contribution >= 4 is 33.8 Å². The quantitative estimate of drug-likeness (QED) is 0.159. The van der Waals surface area contributed by atoms with E-state index in [0.29, 0.717) is 0 Å². The predicted octanol–water partition coefficient (Wildman–Crippen LogP) is 6.50. The van der Waals surface area contributed by atoms with Gasteiger partial charge in [0.05, 0.1) is 8.07 Å². The second kappa shape index (κ2) is 16.3. The summed E-state index contributed by atoms with van der Waals surface area (Å²) in [7, 11) is 3.32. The zero-order valence-electron chi connectivity index (χ0n) is 22.9. The lowest BCUT2D eigenvalue weighted by atomic mass is 10.4. The van der Waals surface area contributed by atoms with Gasteiger partial charge in [0.1, 0.15) is 0 Å². The van der Waals surface area contributed by atoms with Crippen LogP contribution in [-0.2, 0) is 26.6 Å². The lowest BCUT2D eigenvalue weighted by Crippen LogP contribution is -2.40. The van der Waals surface area contributed by atoms with Gasteiger partial charge < -0.3 is 26.6 Å². The van der Waals surface area contributed by atoms with E-state index < -0.39 is 33.8 Å². The third-order valence-corrected chi connectivity index (χ3v) is 22.3. The molecule has 0 fully saturated rings. The van der Waals surface area contributed by atoms with Gasteiger partial charge in [-0.3, -0.25) is 0 Å². The molecule has 0 amide bonds. The van der Waals surface area contributed by atoms with Crippen molar-refractivity contribution in [3.63, 3.8) is 0 Å². The molecule has 0 aliphatic heterocycles. The largest absolute Gasteiger partial charge is 0.398 e.